The molecule has 0 atom stereocenters. The van der Waals surface area contributed by atoms with Crippen molar-refractivity contribution in [3.8, 4) is 5.88 Å². The fourth-order valence-corrected chi connectivity index (χ4v) is 2.71. The maximum absolute atomic E-state index is 12.6. The number of carbonyl (C=O) groups excluding carboxylic acids is 1. The second-order valence-electron chi connectivity index (χ2n) is 5.53. The van der Waals surface area contributed by atoms with E-state index in [-0.39, 0.29) is 5.91 Å². The molecule has 3 rings (SSSR count). The number of amides is 1. The Morgan fingerprint density at radius 2 is 1.78 bits per heavy atom. The van der Waals surface area contributed by atoms with E-state index in [1.165, 1.54) is 0 Å². The highest BCUT2D eigenvalue weighted by molar-refractivity contribution is 5.95. The lowest BCUT2D eigenvalue weighted by molar-refractivity contribution is 0.0746. The lowest BCUT2D eigenvalue weighted by Gasteiger charge is -2.35. The lowest BCUT2D eigenvalue weighted by atomic mass is 10.1. The number of nitrogens with zero attached hydrogens (tertiary/aromatic N) is 4. The maximum Gasteiger partial charge on any atom is 0.254 e. The van der Waals surface area contributed by atoms with Gasteiger partial charge in [0.25, 0.3) is 5.91 Å². The predicted molar refractivity (Wildman–Crippen MR) is 87.9 cm³/mol. The molecular formula is C17H20N4O2. The smallest absolute Gasteiger partial charge is 0.254 e. The zero-order valence-corrected chi connectivity index (χ0v) is 13.4. The molecule has 0 radical (unpaired) electrons. The molecule has 1 aliphatic rings. The first kappa shape index (κ1) is 15.3. The second-order valence-corrected chi connectivity index (χ2v) is 5.53. The van der Waals surface area contributed by atoms with E-state index in [1.54, 1.807) is 13.2 Å². The van der Waals surface area contributed by atoms with Crippen LogP contribution in [0, 0.1) is 6.92 Å². The van der Waals surface area contributed by atoms with Crippen LogP contribution in [0.4, 0.5) is 5.82 Å². The highest BCUT2D eigenvalue weighted by Gasteiger charge is 2.23. The molecule has 1 fully saturated rings. The van der Waals surface area contributed by atoms with Crippen LogP contribution in [0.15, 0.2) is 36.4 Å². The van der Waals surface area contributed by atoms with Crippen LogP contribution < -0.4 is 9.64 Å². The molecule has 120 valence electrons. The van der Waals surface area contributed by atoms with E-state index in [2.05, 4.69) is 15.1 Å². The third-order valence-electron chi connectivity index (χ3n) is 4.10. The minimum atomic E-state index is 0.101. The number of ether oxygens (including phenoxy) is 1. The monoisotopic (exact) mass is 312 g/mol. The van der Waals surface area contributed by atoms with Crippen LogP contribution in [0.2, 0.25) is 0 Å². The molecule has 1 aromatic heterocycles. The van der Waals surface area contributed by atoms with Gasteiger partial charge in [-0.3, -0.25) is 4.79 Å². The van der Waals surface area contributed by atoms with Gasteiger partial charge in [-0.25, -0.2) is 0 Å². The van der Waals surface area contributed by atoms with Gasteiger partial charge in [0.2, 0.25) is 5.88 Å². The summed E-state index contributed by atoms with van der Waals surface area (Å²) in [5.74, 6) is 1.42. The van der Waals surface area contributed by atoms with E-state index in [0.717, 1.165) is 30.0 Å². The van der Waals surface area contributed by atoms with Gasteiger partial charge >= 0.3 is 0 Å². The van der Waals surface area contributed by atoms with Gasteiger partial charge in [0.1, 0.15) is 0 Å². The summed E-state index contributed by atoms with van der Waals surface area (Å²) in [6, 6.07) is 11.4. The molecule has 1 saturated heterocycles. The Morgan fingerprint density at radius 1 is 1.04 bits per heavy atom. The second kappa shape index (κ2) is 6.64. The first-order valence-corrected chi connectivity index (χ1v) is 7.66. The fourth-order valence-electron chi connectivity index (χ4n) is 2.71. The summed E-state index contributed by atoms with van der Waals surface area (Å²) in [5, 5.41) is 8.15. The Kier molecular flexibility index (Phi) is 4.41. The van der Waals surface area contributed by atoms with E-state index < -0.39 is 0 Å². The van der Waals surface area contributed by atoms with Gasteiger partial charge in [-0.15, -0.1) is 10.2 Å². The van der Waals surface area contributed by atoms with Gasteiger partial charge < -0.3 is 14.5 Å². The van der Waals surface area contributed by atoms with Gasteiger partial charge in [-0.05, 0) is 24.6 Å². The summed E-state index contributed by atoms with van der Waals surface area (Å²) >= 11 is 0. The normalized spacial score (nSPS) is 14.7. The van der Waals surface area contributed by atoms with E-state index in [9.17, 15) is 4.79 Å². The molecule has 2 heterocycles. The number of anilines is 1. The summed E-state index contributed by atoms with van der Waals surface area (Å²) in [7, 11) is 1.57. The molecule has 6 nitrogen and oxygen atoms in total. The van der Waals surface area contributed by atoms with Crippen molar-refractivity contribution in [2.45, 2.75) is 6.92 Å². The molecule has 0 aliphatic carbocycles. The van der Waals surface area contributed by atoms with E-state index in [0.29, 0.717) is 19.0 Å². The third-order valence-corrected chi connectivity index (χ3v) is 4.10. The summed E-state index contributed by atoms with van der Waals surface area (Å²) in [6.45, 7) is 4.83. The molecule has 1 aliphatic heterocycles. The van der Waals surface area contributed by atoms with E-state index >= 15 is 0 Å². The molecular weight excluding hydrogens is 292 g/mol. The number of carbonyl (C=O) groups is 1. The summed E-state index contributed by atoms with van der Waals surface area (Å²) in [6.07, 6.45) is 0. The minimum Gasteiger partial charge on any atom is -0.480 e. The van der Waals surface area contributed by atoms with Gasteiger partial charge in [0.05, 0.1) is 7.11 Å². The molecule has 1 amide bonds. The van der Waals surface area contributed by atoms with Crippen LogP contribution in [-0.4, -0.2) is 54.3 Å². The largest absolute Gasteiger partial charge is 0.480 e. The molecule has 2 aromatic rings. The molecule has 1 aromatic carbocycles. The molecule has 0 N–H and O–H groups in total. The summed E-state index contributed by atoms with van der Waals surface area (Å²) in [5.41, 5.74) is 1.80. The SMILES string of the molecule is COc1ccc(N2CCN(C(=O)c3ccccc3C)CC2)nn1. The van der Waals surface area contributed by atoms with Gasteiger partial charge in [-0.2, -0.15) is 0 Å². The number of piperazine rings is 1. The van der Waals surface area contributed by atoms with Gasteiger partial charge in [-0.1, -0.05) is 18.2 Å². The van der Waals surface area contributed by atoms with Crippen molar-refractivity contribution in [2.75, 3.05) is 38.2 Å². The van der Waals surface area contributed by atoms with Crippen LogP contribution in [0.25, 0.3) is 0 Å². The van der Waals surface area contributed by atoms with Crippen molar-refractivity contribution in [3.63, 3.8) is 0 Å². The van der Waals surface area contributed by atoms with Gasteiger partial charge in [0.15, 0.2) is 5.82 Å². The number of aryl methyl sites for hydroxylation is 1. The average molecular weight is 312 g/mol. The Balaban J connectivity index is 1.64. The van der Waals surface area contributed by atoms with Crippen molar-refractivity contribution in [1.29, 1.82) is 0 Å². The molecule has 0 bridgehead atoms. The summed E-state index contributed by atoms with van der Waals surface area (Å²) < 4.78 is 5.02. The Labute approximate surface area is 135 Å². The number of aromatic nitrogens is 2. The predicted octanol–water partition coefficient (Wildman–Crippen LogP) is 1.76. The molecule has 0 saturated carbocycles. The zero-order chi connectivity index (χ0) is 16.2. The average Bonchev–Trinajstić information content (AvgIpc) is 2.62. The van der Waals surface area contributed by atoms with Crippen molar-refractivity contribution in [2.24, 2.45) is 0 Å². The van der Waals surface area contributed by atoms with Crippen LogP contribution in [0.5, 0.6) is 5.88 Å². The number of benzene rings is 1. The maximum atomic E-state index is 12.6. The third kappa shape index (κ3) is 3.26. The number of hydrogen-bond donors (Lipinski definition) is 0. The Morgan fingerprint density at radius 3 is 2.39 bits per heavy atom. The molecule has 0 unspecified atom stereocenters. The van der Waals surface area contributed by atoms with Crippen molar-refractivity contribution < 1.29 is 9.53 Å². The van der Waals surface area contributed by atoms with Crippen molar-refractivity contribution in [1.82, 2.24) is 15.1 Å². The lowest BCUT2D eigenvalue weighted by Crippen LogP contribution is -2.49. The standard InChI is InChI=1S/C17H20N4O2/c1-13-5-3-4-6-14(13)17(22)21-11-9-20(10-12-21)15-7-8-16(23-2)19-18-15/h3-8H,9-12H2,1-2H3. The van der Waals surface area contributed by atoms with Crippen molar-refractivity contribution >= 4 is 11.7 Å². The number of rotatable bonds is 3. The highest BCUT2D eigenvalue weighted by Crippen LogP contribution is 2.17. The minimum absolute atomic E-state index is 0.101. The quantitative estimate of drug-likeness (QED) is 0.864. The Bertz CT molecular complexity index is 679. The first-order valence-electron chi connectivity index (χ1n) is 7.66. The highest BCUT2D eigenvalue weighted by atomic mass is 16.5. The Hall–Kier alpha value is -2.63. The number of methoxy groups -OCH3 is 1. The van der Waals surface area contributed by atoms with Gasteiger partial charge in [0, 0.05) is 37.8 Å². The van der Waals surface area contributed by atoms with E-state index in [4.69, 9.17) is 4.74 Å². The van der Waals surface area contributed by atoms with Crippen LogP contribution in [0.1, 0.15) is 15.9 Å². The van der Waals surface area contributed by atoms with E-state index in [1.807, 2.05) is 42.2 Å². The fraction of sp³-hybridized carbons (Fsp3) is 0.353. The van der Waals surface area contributed by atoms with Crippen LogP contribution in [0.3, 0.4) is 0 Å². The molecule has 6 heteroatoms. The molecule has 0 spiro atoms. The zero-order valence-electron chi connectivity index (χ0n) is 13.4. The first-order chi connectivity index (χ1) is 11.2. The van der Waals surface area contributed by atoms with Crippen LogP contribution in [-0.2, 0) is 0 Å². The topological polar surface area (TPSA) is 58.6 Å². The van der Waals surface area contributed by atoms with Crippen LogP contribution >= 0.6 is 0 Å². The number of hydrogen-bond acceptors (Lipinski definition) is 5. The summed E-state index contributed by atoms with van der Waals surface area (Å²) in [4.78, 5) is 16.6. The van der Waals surface area contributed by atoms with Crippen molar-refractivity contribution in [3.05, 3.63) is 47.5 Å². The molecule has 23 heavy (non-hydrogen) atoms.